The SMILES string of the molecule is COc1ccc(C(C(=O)NC(C)(C)C)N2C(=O)C(C3Cc4ccccc4C3)NC(=O)C2CC(C)C)c(F)c1. The molecular formula is C30H38FN3O4. The maximum absolute atomic E-state index is 15.5. The number of benzene rings is 2. The average Bonchev–Trinajstić information content (AvgIpc) is 3.26. The minimum Gasteiger partial charge on any atom is -0.497 e. The number of hydrogen-bond donors (Lipinski definition) is 2. The number of carbonyl (C=O) groups is 3. The minimum atomic E-state index is -1.33. The van der Waals surface area contributed by atoms with E-state index in [1.165, 1.54) is 24.1 Å². The van der Waals surface area contributed by atoms with Crippen LogP contribution in [-0.4, -0.2) is 47.4 Å². The summed E-state index contributed by atoms with van der Waals surface area (Å²) in [5.41, 5.74) is 1.69. The van der Waals surface area contributed by atoms with E-state index in [9.17, 15) is 14.4 Å². The second-order valence-electron chi connectivity index (χ2n) is 11.8. The highest BCUT2D eigenvalue weighted by Crippen LogP contribution is 2.36. The van der Waals surface area contributed by atoms with E-state index in [1.807, 2.05) is 58.9 Å². The van der Waals surface area contributed by atoms with Crippen molar-refractivity contribution in [3.8, 4) is 5.75 Å². The number of ether oxygens (including phenoxy) is 1. The van der Waals surface area contributed by atoms with E-state index >= 15 is 4.39 Å². The van der Waals surface area contributed by atoms with Crippen LogP contribution < -0.4 is 15.4 Å². The average molecular weight is 524 g/mol. The van der Waals surface area contributed by atoms with Crippen molar-refractivity contribution < 1.29 is 23.5 Å². The third-order valence-electron chi connectivity index (χ3n) is 7.23. The van der Waals surface area contributed by atoms with E-state index in [0.717, 1.165) is 11.1 Å². The summed E-state index contributed by atoms with van der Waals surface area (Å²) in [6, 6.07) is 9.17. The lowest BCUT2D eigenvalue weighted by Gasteiger charge is -2.45. The van der Waals surface area contributed by atoms with Gasteiger partial charge in [-0.25, -0.2) is 4.39 Å². The van der Waals surface area contributed by atoms with Gasteiger partial charge in [0, 0.05) is 17.2 Å². The van der Waals surface area contributed by atoms with Gasteiger partial charge in [0.2, 0.25) is 17.7 Å². The van der Waals surface area contributed by atoms with Gasteiger partial charge in [-0.2, -0.15) is 0 Å². The van der Waals surface area contributed by atoms with Crippen molar-refractivity contribution in [2.45, 2.75) is 77.5 Å². The van der Waals surface area contributed by atoms with Crippen LogP contribution in [0.25, 0.3) is 0 Å². The van der Waals surface area contributed by atoms with E-state index < -0.39 is 35.4 Å². The van der Waals surface area contributed by atoms with Gasteiger partial charge in [-0.1, -0.05) is 38.1 Å². The molecule has 0 spiro atoms. The zero-order valence-corrected chi connectivity index (χ0v) is 23.0. The van der Waals surface area contributed by atoms with E-state index in [4.69, 9.17) is 4.74 Å². The van der Waals surface area contributed by atoms with Gasteiger partial charge in [-0.3, -0.25) is 14.4 Å². The lowest BCUT2D eigenvalue weighted by Crippen LogP contribution is -2.67. The summed E-state index contributed by atoms with van der Waals surface area (Å²) in [6.45, 7) is 9.37. The smallest absolute Gasteiger partial charge is 0.247 e. The first-order chi connectivity index (χ1) is 17.9. The number of amides is 3. The van der Waals surface area contributed by atoms with Crippen molar-refractivity contribution in [3.63, 3.8) is 0 Å². The molecule has 4 rings (SSSR count). The monoisotopic (exact) mass is 523 g/mol. The fourth-order valence-electron chi connectivity index (χ4n) is 5.59. The summed E-state index contributed by atoms with van der Waals surface area (Å²) in [4.78, 5) is 43.1. The summed E-state index contributed by atoms with van der Waals surface area (Å²) >= 11 is 0. The van der Waals surface area contributed by atoms with Gasteiger partial charge in [0.1, 0.15) is 29.7 Å². The van der Waals surface area contributed by atoms with Crippen LogP contribution in [0.1, 0.15) is 63.8 Å². The Morgan fingerprint density at radius 1 is 1.13 bits per heavy atom. The third kappa shape index (κ3) is 5.69. The Morgan fingerprint density at radius 2 is 1.76 bits per heavy atom. The molecule has 1 aliphatic heterocycles. The van der Waals surface area contributed by atoms with E-state index in [2.05, 4.69) is 10.6 Å². The molecule has 2 aromatic rings. The van der Waals surface area contributed by atoms with Gasteiger partial charge in [0.05, 0.1) is 7.11 Å². The van der Waals surface area contributed by atoms with Crippen molar-refractivity contribution in [1.29, 1.82) is 0 Å². The number of carbonyl (C=O) groups excluding carboxylic acids is 3. The quantitative estimate of drug-likeness (QED) is 0.576. The second-order valence-corrected chi connectivity index (χ2v) is 11.8. The number of nitrogens with one attached hydrogen (secondary N) is 2. The lowest BCUT2D eigenvalue weighted by atomic mass is 9.87. The van der Waals surface area contributed by atoms with Gasteiger partial charge >= 0.3 is 0 Å². The fraction of sp³-hybridized carbons (Fsp3) is 0.500. The lowest BCUT2D eigenvalue weighted by molar-refractivity contribution is -0.158. The zero-order chi connectivity index (χ0) is 27.8. The van der Waals surface area contributed by atoms with Crippen molar-refractivity contribution in [2.75, 3.05) is 7.11 Å². The molecule has 1 fully saturated rings. The Kier molecular flexibility index (Phi) is 7.81. The van der Waals surface area contributed by atoms with Gasteiger partial charge in [0.15, 0.2) is 0 Å². The summed E-state index contributed by atoms with van der Waals surface area (Å²) in [7, 11) is 1.43. The first kappa shape index (κ1) is 27.6. The number of nitrogens with zero attached hydrogens (tertiary/aromatic N) is 1. The first-order valence-corrected chi connectivity index (χ1v) is 13.2. The largest absolute Gasteiger partial charge is 0.497 e. The van der Waals surface area contributed by atoms with Crippen molar-refractivity contribution in [2.24, 2.45) is 11.8 Å². The Morgan fingerprint density at radius 3 is 2.29 bits per heavy atom. The Balaban J connectivity index is 1.80. The Labute approximate surface area is 224 Å². The summed E-state index contributed by atoms with van der Waals surface area (Å²) in [5.74, 6) is -1.70. The molecule has 2 N–H and O–H groups in total. The third-order valence-corrected chi connectivity index (χ3v) is 7.23. The Bertz CT molecular complexity index is 1200. The van der Waals surface area contributed by atoms with Crippen LogP contribution in [0.4, 0.5) is 4.39 Å². The number of hydrogen-bond acceptors (Lipinski definition) is 4. The minimum absolute atomic E-state index is 0.0258. The van der Waals surface area contributed by atoms with E-state index in [-0.39, 0.29) is 29.2 Å². The topological polar surface area (TPSA) is 87.7 Å². The highest BCUT2D eigenvalue weighted by atomic mass is 19.1. The molecule has 2 aliphatic rings. The molecule has 7 nitrogen and oxygen atoms in total. The van der Waals surface area contributed by atoms with E-state index in [1.54, 1.807) is 6.07 Å². The predicted molar refractivity (Wildman–Crippen MR) is 143 cm³/mol. The second kappa shape index (κ2) is 10.8. The van der Waals surface area contributed by atoms with Crippen molar-refractivity contribution in [3.05, 3.63) is 65.0 Å². The molecule has 0 radical (unpaired) electrons. The zero-order valence-electron chi connectivity index (χ0n) is 23.0. The van der Waals surface area contributed by atoms with Crippen molar-refractivity contribution >= 4 is 17.7 Å². The van der Waals surface area contributed by atoms with Crippen LogP contribution in [0, 0.1) is 17.7 Å². The molecular weight excluding hydrogens is 485 g/mol. The number of methoxy groups -OCH3 is 1. The summed E-state index contributed by atoms with van der Waals surface area (Å²) in [5, 5.41) is 5.90. The first-order valence-electron chi connectivity index (χ1n) is 13.2. The standard InChI is InChI=1S/C30H38FN3O4/c1-17(2)13-24-27(35)32-25(20-14-18-9-7-8-10-19(18)15-20)29(37)34(24)26(28(36)33-30(3,4)5)22-12-11-21(38-6)16-23(22)31/h7-12,16-17,20,24-26H,13-15H2,1-6H3,(H,32,35)(H,33,36). The number of halogens is 1. The molecule has 0 aromatic heterocycles. The normalized spacial score (nSPS) is 20.8. The van der Waals surface area contributed by atoms with Gasteiger partial charge < -0.3 is 20.3 Å². The summed E-state index contributed by atoms with van der Waals surface area (Å²) in [6.07, 6.45) is 1.63. The van der Waals surface area contributed by atoms with Crippen LogP contribution in [0.15, 0.2) is 42.5 Å². The molecule has 1 saturated heterocycles. The molecule has 0 bridgehead atoms. The molecule has 3 atom stereocenters. The molecule has 3 amide bonds. The molecule has 38 heavy (non-hydrogen) atoms. The highest BCUT2D eigenvalue weighted by Gasteiger charge is 2.50. The van der Waals surface area contributed by atoms with Gasteiger partial charge in [0.25, 0.3) is 0 Å². The Hall–Kier alpha value is -3.42. The van der Waals surface area contributed by atoms with Crippen LogP contribution in [-0.2, 0) is 27.2 Å². The summed E-state index contributed by atoms with van der Waals surface area (Å²) < 4.78 is 20.7. The highest BCUT2D eigenvalue weighted by molar-refractivity contribution is 6.00. The fourth-order valence-corrected chi connectivity index (χ4v) is 5.59. The number of fused-ring (bicyclic) bond motifs is 1. The molecule has 8 heteroatoms. The number of piperazine rings is 1. The van der Waals surface area contributed by atoms with Gasteiger partial charge in [-0.05, 0) is 75.1 Å². The van der Waals surface area contributed by atoms with Crippen LogP contribution in [0.5, 0.6) is 5.75 Å². The molecule has 1 heterocycles. The van der Waals surface area contributed by atoms with Gasteiger partial charge in [-0.15, -0.1) is 0 Å². The molecule has 1 aliphatic carbocycles. The number of rotatable bonds is 7. The molecule has 3 unspecified atom stereocenters. The van der Waals surface area contributed by atoms with E-state index in [0.29, 0.717) is 25.0 Å². The molecule has 204 valence electrons. The van der Waals surface area contributed by atoms with Crippen LogP contribution >= 0.6 is 0 Å². The van der Waals surface area contributed by atoms with Crippen molar-refractivity contribution in [1.82, 2.24) is 15.5 Å². The molecule has 0 saturated carbocycles. The maximum Gasteiger partial charge on any atom is 0.247 e. The van der Waals surface area contributed by atoms with Crippen LogP contribution in [0.2, 0.25) is 0 Å². The van der Waals surface area contributed by atoms with Crippen LogP contribution in [0.3, 0.4) is 0 Å². The maximum atomic E-state index is 15.5. The molecule has 2 aromatic carbocycles. The predicted octanol–water partition coefficient (Wildman–Crippen LogP) is 3.95.